The summed E-state index contributed by atoms with van der Waals surface area (Å²) in [6.45, 7) is 2.19. The van der Waals surface area contributed by atoms with Gasteiger partial charge in [0.1, 0.15) is 48.3 Å². The van der Waals surface area contributed by atoms with E-state index in [-0.39, 0.29) is 19.0 Å². The summed E-state index contributed by atoms with van der Waals surface area (Å²) < 4.78 is 18.3. The van der Waals surface area contributed by atoms with Gasteiger partial charge in [-0.1, -0.05) is 0 Å². The van der Waals surface area contributed by atoms with E-state index in [0.29, 0.717) is 16.9 Å². The Morgan fingerprint density at radius 2 is 2.08 bits per heavy atom. The molecule has 3 aromatic heterocycles. The molecule has 4 atom stereocenters. The topological polar surface area (TPSA) is 142 Å². The van der Waals surface area contributed by atoms with Crippen LogP contribution in [-0.4, -0.2) is 54.7 Å². The molecule has 0 spiro atoms. The van der Waals surface area contributed by atoms with E-state index in [9.17, 15) is 10.2 Å². The lowest BCUT2D eigenvalue weighted by Gasteiger charge is -2.16. The lowest BCUT2D eigenvalue weighted by Crippen LogP contribution is -2.33. The van der Waals surface area contributed by atoms with E-state index in [2.05, 4.69) is 15.0 Å². The molecule has 0 radical (unpaired) electrons. The minimum Gasteiger partial charge on any atom is -0.464 e. The highest BCUT2D eigenvalue weighted by Crippen LogP contribution is 2.32. The van der Waals surface area contributed by atoms with Crippen molar-refractivity contribution in [1.29, 1.82) is 0 Å². The molecule has 138 valence electrons. The minimum atomic E-state index is -1.16. The van der Waals surface area contributed by atoms with E-state index in [1.54, 1.807) is 0 Å². The Morgan fingerprint density at radius 1 is 1.23 bits per heavy atom. The standard InChI is InChI=1S/C16H19N5O5/c1-8-2-3-9(25-8)4-24-5-10-12(22)13(23)16(26-10)21-7-20-11-14(17)18-6-19-15(11)21/h2-3,6-7,10,12-13,16,22-23H,4-5H2,1H3,(H2,17,18,19)/t10-,12-,13-,16-/m1/s1. The molecule has 1 aliphatic heterocycles. The molecule has 0 bridgehead atoms. The number of rotatable bonds is 5. The maximum absolute atomic E-state index is 10.4. The summed E-state index contributed by atoms with van der Waals surface area (Å²) in [5.41, 5.74) is 6.60. The van der Waals surface area contributed by atoms with Gasteiger partial charge in [0.2, 0.25) is 0 Å². The lowest BCUT2D eigenvalue weighted by molar-refractivity contribution is -0.0699. The van der Waals surface area contributed by atoms with Gasteiger partial charge in [0.25, 0.3) is 0 Å². The van der Waals surface area contributed by atoms with Crippen molar-refractivity contribution in [3.8, 4) is 0 Å². The van der Waals surface area contributed by atoms with Gasteiger partial charge in [0.15, 0.2) is 17.7 Å². The molecule has 1 saturated heterocycles. The Balaban J connectivity index is 1.46. The molecule has 10 heteroatoms. The van der Waals surface area contributed by atoms with Crippen LogP contribution in [0.5, 0.6) is 0 Å². The van der Waals surface area contributed by atoms with Crippen molar-refractivity contribution in [2.75, 3.05) is 12.3 Å². The molecule has 0 saturated carbocycles. The van der Waals surface area contributed by atoms with E-state index < -0.39 is 24.5 Å². The molecule has 26 heavy (non-hydrogen) atoms. The highest BCUT2D eigenvalue weighted by atomic mass is 16.6. The fraction of sp³-hybridized carbons (Fsp3) is 0.438. The first-order valence-electron chi connectivity index (χ1n) is 8.12. The summed E-state index contributed by atoms with van der Waals surface area (Å²) in [5.74, 6) is 1.71. The van der Waals surface area contributed by atoms with Crippen molar-refractivity contribution in [3.05, 3.63) is 36.3 Å². The zero-order valence-electron chi connectivity index (χ0n) is 14.0. The highest BCUT2D eigenvalue weighted by Gasteiger charge is 2.44. The summed E-state index contributed by atoms with van der Waals surface area (Å²) >= 11 is 0. The molecular weight excluding hydrogens is 342 g/mol. The van der Waals surface area contributed by atoms with Crippen molar-refractivity contribution in [3.63, 3.8) is 0 Å². The van der Waals surface area contributed by atoms with Gasteiger partial charge < -0.3 is 29.8 Å². The molecule has 0 aromatic carbocycles. The fourth-order valence-electron chi connectivity index (χ4n) is 2.99. The second kappa shape index (κ2) is 6.65. The van der Waals surface area contributed by atoms with E-state index in [1.807, 2.05) is 19.1 Å². The third-order valence-corrected chi connectivity index (χ3v) is 4.32. The summed E-state index contributed by atoms with van der Waals surface area (Å²) in [6.07, 6.45) is -1.09. The quantitative estimate of drug-likeness (QED) is 0.578. The number of fused-ring (bicyclic) bond motifs is 1. The van der Waals surface area contributed by atoms with Crippen molar-refractivity contribution < 1.29 is 24.1 Å². The van der Waals surface area contributed by atoms with Crippen LogP contribution in [0.1, 0.15) is 17.7 Å². The smallest absolute Gasteiger partial charge is 0.167 e. The van der Waals surface area contributed by atoms with Crippen LogP contribution in [0.2, 0.25) is 0 Å². The number of aromatic nitrogens is 4. The molecule has 4 heterocycles. The monoisotopic (exact) mass is 361 g/mol. The number of furan rings is 1. The zero-order chi connectivity index (χ0) is 18.3. The van der Waals surface area contributed by atoms with Crippen molar-refractivity contribution in [2.24, 2.45) is 0 Å². The first-order valence-corrected chi connectivity index (χ1v) is 8.12. The summed E-state index contributed by atoms with van der Waals surface area (Å²) in [6, 6.07) is 3.66. The Labute approximate surface area is 148 Å². The third-order valence-electron chi connectivity index (χ3n) is 4.32. The second-order valence-corrected chi connectivity index (χ2v) is 6.16. The van der Waals surface area contributed by atoms with Gasteiger partial charge in [-0.05, 0) is 19.1 Å². The first kappa shape index (κ1) is 16.9. The Morgan fingerprint density at radius 3 is 2.85 bits per heavy atom. The largest absolute Gasteiger partial charge is 0.464 e. The Kier molecular flexibility index (Phi) is 4.32. The number of anilines is 1. The molecule has 0 unspecified atom stereocenters. The summed E-state index contributed by atoms with van der Waals surface area (Å²) in [7, 11) is 0. The minimum absolute atomic E-state index is 0.0955. The van der Waals surface area contributed by atoms with Crippen LogP contribution in [0.15, 0.2) is 29.2 Å². The number of aliphatic hydroxyl groups is 2. The predicted octanol–water partition coefficient (Wildman–Crippen LogP) is 0.146. The number of hydrogen-bond acceptors (Lipinski definition) is 9. The second-order valence-electron chi connectivity index (χ2n) is 6.16. The van der Waals surface area contributed by atoms with Gasteiger partial charge in [-0.15, -0.1) is 0 Å². The lowest BCUT2D eigenvalue weighted by atomic mass is 10.1. The van der Waals surface area contributed by atoms with Gasteiger partial charge >= 0.3 is 0 Å². The van der Waals surface area contributed by atoms with Gasteiger partial charge in [-0.2, -0.15) is 0 Å². The number of imidazole rings is 1. The van der Waals surface area contributed by atoms with Crippen molar-refractivity contribution in [1.82, 2.24) is 19.5 Å². The Hall–Kier alpha value is -2.53. The average Bonchev–Trinajstić information content (AvgIpc) is 3.30. The zero-order valence-corrected chi connectivity index (χ0v) is 14.0. The summed E-state index contributed by atoms with van der Waals surface area (Å²) in [5, 5.41) is 20.7. The molecule has 3 aromatic rings. The van der Waals surface area contributed by atoms with E-state index in [1.165, 1.54) is 17.2 Å². The molecule has 1 fully saturated rings. The fourth-order valence-corrected chi connectivity index (χ4v) is 2.99. The third kappa shape index (κ3) is 2.92. The van der Waals surface area contributed by atoms with Crippen LogP contribution in [-0.2, 0) is 16.1 Å². The SMILES string of the molecule is Cc1ccc(COC[C@H]2O[C@@H](n3cnc4c(N)ncnc43)[C@H](O)[C@@H]2O)o1. The highest BCUT2D eigenvalue weighted by molar-refractivity contribution is 5.81. The Bertz CT molecular complexity index is 909. The van der Waals surface area contributed by atoms with Crippen LogP contribution < -0.4 is 5.73 Å². The molecule has 0 amide bonds. The predicted molar refractivity (Wildman–Crippen MR) is 88.8 cm³/mol. The van der Waals surface area contributed by atoms with Gasteiger partial charge in [-0.25, -0.2) is 15.0 Å². The number of nitrogens with zero attached hydrogens (tertiary/aromatic N) is 4. The van der Waals surface area contributed by atoms with Crippen LogP contribution in [0, 0.1) is 6.92 Å². The number of hydrogen-bond donors (Lipinski definition) is 3. The van der Waals surface area contributed by atoms with Crippen molar-refractivity contribution in [2.45, 2.75) is 38.1 Å². The first-order chi connectivity index (χ1) is 12.5. The maximum Gasteiger partial charge on any atom is 0.167 e. The molecule has 1 aliphatic rings. The van der Waals surface area contributed by atoms with Gasteiger partial charge in [0, 0.05) is 0 Å². The van der Waals surface area contributed by atoms with Crippen LogP contribution in [0.25, 0.3) is 11.2 Å². The van der Waals surface area contributed by atoms with Gasteiger partial charge in [-0.3, -0.25) is 4.57 Å². The molecular formula is C16H19N5O5. The van der Waals surface area contributed by atoms with Crippen LogP contribution >= 0.6 is 0 Å². The van der Waals surface area contributed by atoms with Crippen LogP contribution in [0.3, 0.4) is 0 Å². The number of nitrogen functional groups attached to an aromatic ring is 1. The van der Waals surface area contributed by atoms with Crippen molar-refractivity contribution >= 4 is 17.0 Å². The van der Waals surface area contributed by atoms with Crippen LogP contribution in [0.4, 0.5) is 5.82 Å². The molecule has 10 nitrogen and oxygen atoms in total. The molecule has 4 N–H and O–H groups in total. The maximum atomic E-state index is 10.4. The normalized spacial score (nSPS) is 26.0. The number of ether oxygens (including phenoxy) is 2. The number of aryl methyl sites for hydroxylation is 1. The molecule has 0 aliphatic carbocycles. The average molecular weight is 361 g/mol. The van der Waals surface area contributed by atoms with E-state index in [0.717, 1.165) is 5.76 Å². The number of aliphatic hydroxyl groups excluding tert-OH is 2. The molecule has 4 rings (SSSR count). The van der Waals surface area contributed by atoms with E-state index >= 15 is 0 Å². The van der Waals surface area contributed by atoms with Gasteiger partial charge in [0.05, 0.1) is 12.9 Å². The number of nitrogens with two attached hydrogens (primary N) is 1. The summed E-state index contributed by atoms with van der Waals surface area (Å²) in [4.78, 5) is 12.2. The van der Waals surface area contributed by atoms with E-state index in [4.69, 9.17) is 19.6 Å².